The van der Waals surface area contributed by atoms with Crippen molar-refractivity contribution in [2.24, 2.45) is 7.05 Å². The molecule has 1 N–H and O–H groups in total. The summed E-state index contributed by atoms with van der Waals surface area (Å²) in [6, 6.07) is 0. The molecule has 0 aromatic carbocycles. The van der Waals surface area contributed by atoms with Crippen molar-refractivity contribution in [2.75, 3.05) is 0 Å². The Kier molecular flexibility index (Phi) is 4.55. The Labute approximate surface area is 117 Å². The molecule has 7 heteroatoms. The predicted molar refractivity (Wildman–Crippen MR) is 73.8 cm³/mol. The van der Waals surface area contributed by atoms with Gasteiger partial charge in [0.25, 0.3) is 0 Å². The third kappa shape index (κ3) is 2.96. The molecule has 0 aliphatic rings. The fourth-order valence-corrected chi connectivity index (χ4v) is 2.28. The largest absolute Gasteiger partial charge is 0.320 e. The molecule has 0 fully saturated rings. The standard InChI is InChI=1S/C12H19ClN6/c1-4-9-12(13)10(19(5-2)17-9)6-14-7-11-16-15-8-18(11)3/h8,14H,4-7H2,1-3H3. The van der Waals surface area contributed by atoms with Gasteiger partial charge in [-0.1, -0.05) is 18.5 Å². The predicted octanol–water partition coefficient (Wildman–Crippen LogP) is 1.54. The number of aryl methyl sites for hydroxylation is 3. The molecule has 6 nitrogen and oxygen atoms in total. The van der Waals surface area contributed by atoms with Gasteiger partial charge in [-0.2, -0.15) is 5.10 Å². The average molecular weight is 283 g/mol. The van der Waals surface area contributed by atoms with Crippen LogP contribution in [0.2, 0.25) is 5.02 Å². The first kappa shape index (κ1) is 14.0. The van der Waals surface area contributed by atoms with Gasteiger partial charge in [-0.05, 0) is 13.3 Å². The fraction of sp³-hybridized carbons (Fsp3) is 0.583. The van der Waals surface area contributed by atoms with E-state index in [1.165, 1.54) is 0 Å². The summed E-state index contributed by atoms with van der Waals surface area (Å²) in [6.45, 7) is 6.27. The van der Waals surface area contributed by atoms with Crippen LogP contribution in [0.5, 0.6) is 0 Å². The van der Waals surface area contributed by atoms with Gasteiger partial charge in [-0.25, -0.2) is 0 Å². The summed E-state index contributed by atoms with van der Waals surface area (Å²) in [5.74, 6) is 0.898. The Bertz CT molecular complexity index is 544. The first-order chi connectivity index (χ1) is 9.17. The molecule has 2 heterocycles. The Morgan fingerprint density at radius 3 is 2.68 bits per heavy atom. The van der Waals surface area contributed by atoms with Crippen molar-refractivity contribution in [3.8, 4) is 0 Å². The van der Waals surface area contributed by atoms with E-state index in [1.807, 2.05) is 16.3 Å². The van der Waals surface area contributed by atoms with E-state index >= 15 is 0 Å². The van der Waals surface area contributed by atoms with Gasteiger partial charge in [0.2, 0.25) is 0 Å². The van der Waals surface area contributed by atoms with Crippen molar-refractivity contribution in [1.29, 1.82) is 0 Å². The molecule has 0 aliphatic heterocycles. The molecular weight excluding hydrogens is 264 g/mol. The van der Waals surface area contributed by atoms with Gasteiger partial charge in [0.1, 0.15) is 12.2 Å². The van der Waals surface area contributed by atoms with Crippen LogP contribution in [0.15, 0.2) is 6.33 Å². The minimum absolute atomic E-state index is 0.656. The molecule has 2 aromatic rings. The third-order valence-corrected chi connectivity index (χ3v) is 3.51. The van der Waals surface area contributed by atoms with Crippen molar-refractivity contribution in [3.05, 3.63) is 28.6 Å². The summed E-state index contributed by atoms with van der Waals surface area (Å²) in [5.41, 5.74) is 1.99. The van der Waals surface area contributed by atoms with Crippen LogP contribution in [-0.2, 0) is 33.1 Å². The number of rotatable bonds is 6. The SMILES string of the molecule is CCc1nn(CC)c(CNCc2nncn2C)c1Cl. The van der Waals surface area contributed by atoms with E-state index in [4.69, 9.17) is 11.6 Å². The van der Waals surface area contributed by atoms with Crippen molar-refractivity contribution in [3.63, 3.8) is 0 Å². The van der Waals surface area contributed by atoms with Crippen LogP contribution in [0.3, 0.4) is 0 Å². The van der Waals surface area contributed by atoms with Gasteiger partial charge in [0.05, 0.1) is 23.0 Å². The smallest absolute Gasteiger partial charge is 0.146 e. The Balaban J connectivity index is 2.03. The zero-order valence-corrected chi connectivity index (χ0v) is 12.3. The van der Waals surface area contributed by atoms with Crippen LogP contribution in [0.25, 0.3) is 0 Å². The van der Waals surface area contributed by atoms with Gasteiger partial charge in [-0.3, -0.25) is 4.68 Å². The van der Waals surface area contributed by atoms with Crippen LogP contribution in [-0.4, -0.2) is 24.5 Å². The summed E-state index contributed by atoms with van der Waals surface area (Å²) < 4.78 is 3.84. The molecule has 0 amide bonds. The van der Waals surface area contributed by atoms with E-state index in [9.17, 15) is 0 Å². The highest BCUT2D eigenvalue weighted by atomic mass is 35.5. The van der Waals surface area contributed by atoms with E-state index in [-0.39, 0.29) is 0 Å². The molecular formula is C12H19ClN6. The summed E-state index contributed by atoms with van der Waals surface area (Å²) in [4.78, 5) is 0. The van der Waals surface area contributed by atoms with E-state index < -0.39 is 0 Å². The molecule has 19 heavy (non-hydrogen) atoms. The van der Waals surface area contributed by atoms with Gasteiger partial charge in [-0.15, -0.1) is 10.2 Å². The molecule has 2 aromatic heterocycles. The van der Waals surface area contributed by atoms with E-state index in [2.05, 4.69) is 34.5 Å². The molecule has 0 bridgehead atoms. The van der Waals surface area contributed by atoms with Crippen LogP contribution in [0, 0.1) is 0 Å². The maximum atomic E-state index is 6.34. The van der Waals surface area contributed by atoms with Crippen LogP contribution >= 0.6 is 11.6 Å². The molecule has 0 unspecified atom stereocenters. The maximum Gasteiger partial charge on any atom is 0.146 e. The highest BCUT2D eigenvalue weighted by Crippen LogP contribution is 2.21. The lowest BCUT2D eigenvalue weighted by Crippen LogP contribution is -2.18. The van der Waals surface area contributed by atoms with E-state index in [0.29, 0.717) is 13.1 Å². The van der Waals surface area contributed by atoms with E-state index in [1.54, 1.807) is 6.33 Å². The summed E-state index contributed by atoms with van der Waals surface area (Å²) >= 11 is 6.34. The lowest BCUT2D eigenvalue weighted by atomic mass is 10.3. The molecule has 0 atom stereocenters. The molecule has 0 spiro atoms. The fourth-order valence-electron chi connectivity index (χ4n) is 1.95. The number of hydrogen-bond donors (Lipinski definition) is 1. The molecule has 0 saturated carbocycles. The Morgan fingerprint density at radius 1 is 1.32 bits per heavy atom. The van der Waals surface area contributed by atoms with Crippen molar-refractivity contribution in [2.45, 2.75) is 39.9 Å². The molecule has 104 valence electrons. The van der Waals surface area contributed by atoms with Crippen LogP contribution < -0.4 is 5.32 Å². The second kappa shape index (κ2) is 6.16. The average Bonchev–Trinajstić information content (AvgIpc) is 2.95. The minimum atomic E-state index is 0.656. The maximum absolute atomic E-state index is 6.34. The Morgan fingerprint density at radius 2 is 2.11 bits per heavy atom. The molecule has 2 rings (SSSR count). The summed E-state index contributed by atoms with van der Waals surface area (Å²) in [6.07, 6.45) is 2.54. The Hall–Kier alpha value is -1.40. The van der Waals surface area contributed by atoms with Gasteiger partial charge < -0.3 is 9.88 Å². The van der Waals surface area contributed by atoms with Gasteiger partial charge in [0.15, 0.2) is 0 Å². The highest BCUT2D eigenvalue weighted by Gasteiger charge is 2.13. The third-order valence-electron chi connectivity index (χ3n) is 3.07. The summed E-state index contributed by atoms with van der Waals surface area (Å²) in [5, 5.41) is 16.5. The molecule has 0 saturated heterocycles. The van der Waals surface area contributed by atoms with Crippen molar-refractivity contribution >= 4 is 11.6 Å². The number of halogens is 1. The topological polar surface area (TPSA) is 60.6 Å². The second-order valence-electron chi connectivity index (χ2n) is 4.34. The first-order valence-electron chi connectivity index (χ1n) is 6.45. The number of nitrogens with zero attached hydrogens (tertiary/aromatic N) is 5. The number of nitrogens with one attached hydrogen (secondary N) is 1. The highest BCUT2D eigenvalue weighted by molar-refractivity contribution is 6.31. The second-order valence-corrected chi connectivity index (χ2v) is 4.72. The zero-order valence-electron chi connectivity index (χ0n) is 11.5. The quantitative estimate of drug-likeness (QED) is 0.873. The molecule has 0 radical (unpaired) electrons. The van der Waals surface area contributed by atoms with Crippen molar-refractivity contribution in [1.82, 2.24) is 29.9 Å². The number of aromatic nitrogens is 5. The van der Waals surface area contributed by atoms with E-state index in [0.717, 1.165) is 35.2 Å². The number of hydrogen-bond acceptors (Lipinski definition) is 4. The lowest BCUT2D eigenvalue weighted by Gasteiger charge is -2.07. The van der Waals surface area contributed by atoms with Crippen LogP contribution in [0.4, 0.5) is 0 Å². The molecule has 0 aliphatic carbocycles. The minimum Gasteiger partial charge on any atom is -0.320 e. The first-order valence-corrected chi connectivity index (χ1v) is 6.82. The monoisotopic (exact) mass is 282 g/mol. The lowest BCUT2D eigenvalue weighted by molar-refractivity contribution is 0.565. The van der Waals surface area contributed by atoms with Gasteiger partial charge >= 0.3 is 0 Å². The zero-order chi connectivity index (χ0) is 13.8. The normalized spacial score (nSPS) is 11.2. The van der Waals surface area contributed by atoms with Gasteiger partial charge in [0, 0.05) is 20.1 Å². The van der Waals surface area contributed by atoms with Crippen molar-refractivity contribution < 1.29 is 0 Å². The van der Waals surface area contributed by atoms with Crippen LogP contribution in [0.1, 0.15) is 31.1 Å². The summed E-state index contributed by atoms with van der Waals surface area (Å²) in [7, 11) is 1.93.